The van der Waals surface area contributed by atoms with Gasteiger partial charge in [0.2, 0.25) is 5.90 Å². The van der Waals surface area contributed by atoms with Gasteiger partial charge in [0.25, 0.3) is 5.91 Å². The van der Waals surface area contributed by atoms with Crippen molar-refractivity contribution in [2.24, 2.45) is 5.16 Å². The number of likely N-dealkylation sites (tertiary alicyclic amines) is 1. The summed E-state index contributed by atoms with van der Waals surface area (Å²) in [5.41, 5.74) is 2.10. The minimum Gasteiger partial charge on any atom is -0.392 e. The molecule has 0 unspecified atom stereocenters. The number of carbonyl (C=O) groups excluding carboxylic acids is 2. The van der Waals surface area contributed by atoms with Gasteiger partial charge in [-0.05, 0) is 48.4 Å². The molecule has 2 aliphatic rings. The topological polar surface area (TPSA) is 93.1 Å². The van der Waals surface area contributed by atoms with Crippen molar-refractivity contribution in [3.8, 4) is 0 Å². The van der Waals surface area contributed by atoms with Gasteiger partial charge in [0.15, 0.2) is 0 Å². The number of oxime groups is 1. The fourth-order valence-corrected chi connectivity index (χ4v) is 3.95. The Labute approximate surface area is 188 Å². The van der Waals surface area contributed by atoms with Crippen molar-refractivity contribution in [3.05, 3.63) is 63.9 Å². The molecular weight excluding hydrogens is 464 g/mol. The van der Waals surface area contributed by atoms with E-state index in [1.54, 1.807) is 12.4 Å². The van der Waals surface area contributed by atoms with Crippen LogP contribution < -0.4 is 5.32 Å². The number of rotatable bonds is 3. The second-order valence-corrected chi connectivity index (χ2v) is 8.65. The van der Waals surface area contributed by atoms with Gasteiger partial charge in [-0.25, -0.2) is 4.79 Å². The molecule has 1 saturated heterocycles. The Balaban J connectivity index is 1.25. The number of benzene rings is 1. The summed E-state index contributed by atoms with van der Waals surface area (Å²) in [7, 11) is 0. The molecule has 2 amide bonds. The van der Waals surface area contributed by atoms with Crippen molar-refractivity contribution in [2.75, 3.05) is 13.1 Å². The van der Waals surface area contributed by atoms with Gasteiger partial charge in [0, 0.05) is 54.9 Å². The van der Waals surface area contributed by atoms with E-state index in [9.17, 15) is 9.59 Å². The largest absolute Gasteiger partial charge is 0.414 e. The lowest BCUT2D eigenvalue weighted by Crippen LogP contribution is -2.47. The fourth-order valence-electron chi connectivity index (χ4n) is 3.71. The number of hydrogen-bond acceptors (Lipinski definition) is 6. The molecule has 9 heteroatoms. The minimum absolute atomic E-state index is 0.0105. The van der Waals surface area contributed by atoms with Gasteiger partial charge >= 0.3 is 6.09 Å². The Bertz CT molecular complexity index is 1000. The molecule has 31 heavy (non-hydrogen) atoms. The number of pyridine rings is 1. The Morgan fingerprint density at radius 3 is 2.68 bits per heavy atom. The van der Waals surface area contributed by atoms with Crippen LogP contribution in [-0.2, 0) is 16.1 Å². The van der Waals surface area contributed by atoms with E-state index in [-0.39, 0.29) is 11.8 Å². The number of amides is 2. The molecular formula is C22H23BrN4O4. The lowest BCUT2D eigenvalue weighted by molar-refractivity contribution is -0.0568. The van der Waals surface area contributed by atoms with Crippen molar-refractivity contribution < 1.29 is 19.2 Å². The van der Waals surface area contributed by atoms with E-state index in [0.717, 1.165) is 15.6 Å². The molecule has 0 radical (unpaired) electrons. The second kappa shape index (κ2) is 9.05. The summed E-state index contributed by atoms with van der Waals surface area (Å²) in [4.78, 5) is 36.3. The van der Waals surface area contributed by atoms with Crippen LogP contribution in [0.5, 0.6) is 0 Å². The number of carbonyl (C=O) groups is 2. The third kappa shape index (κ3) is 5.04. The Hall–Kier alpha value is -2.94. The molecule has 0 saturated carbocycles. The number of hydrogen-bond donors (Lipinski definition) is 1. The molecule has 8 nitrogen and oxygen atoms in total. The Kier molecular flexibility index (Phi) is 6.22. The number of aromatic nitrogens is 1. The van der Waals surface area contributed by atoms with Crippen LogP contribution in [0.2, 0.25) is 0 Å². The molecule has 1 N–H and O–H groups in total. The van der Waals surface area contributed by atoms with Crippen molar-refractivity contribution in [1.29, 1.82) is 0 Å². The summed E-state index contributed by atoms with van der Waals surface area (Å²) in [6.45, 7) is 3.42. The van der Waals surface area contributed by atoms with Gasteiger partial charge in [-0.2, -0.15) is 0 Å². The lowest BCUT2D eigenvalue weighted by atomic mass is 9.88. The predicted octanol–water partition coefficient (Wildman–Crippen LogP) is 3.79. The standard InChI is InChI=1S/C22H23BrN4O4/c1-15-12-17(2-3-18(15)23)20(28)27-10-6-22(7-11-27)13-19(26-31-22)30-21(29)25-14-16-4-8-24-9-5-16/h2-5,8-9,12H,6-7,10-11,13-14H2,1H3,(H,25,29). The first kappa shape index (κ1) is 21.3. The number of alkyl carbamates (subject to hydrolysis) is 1. The summed E-state index contributed by atoms with van der Waals surface area (Å²) in [6, 6.07) is 9.25. The van der Waals surface area contributed by atoms with Gasteiger partial charge in [0.05, 0.1) is 6.42 Å². The summed E-state index contributed by atoms with van der Waals surface area (Å²) in [6.07, 6.45) is 4.42. The summed E-state index contributed by atoms with van der Waals surface area (Å²) in [5, 5.41) is 6.66. The minimum atomic E-state index is -0.575. The average molecular weight is 487 g/mol. The van der Waals surface area contributed by atoms with Gasteiger partial charge in [-0.1, -0.05) is 21.1 Å². The number of nitrogens with one attached hydrogen (secondary N) is 1. The highest BCUT2D eigenvalue weighted by atomic mass is 79.9. The number of piperidine rings is 1. The first-order valence-corrected chi connectivity index (χ1v) is 10.9. The molecule has 162 valence electrons. The third-order valence-corrected chi connectivity index (χ3v) is 6.47. The van der Waals surface area contributed by atoms with Gasteiger partial charge in [-0.15, -0.1) is 0 Å². The van der Waals surface area contributed by atoms with E-state index < -0.39 is 11.7 Å². The molecule has 0 bridgehead atoms. The van der Waals surface area contributed by atoms with Crippen LogP contribution in [0.4, 0.5) is 4.79 Å². The Morgan fingerprint density at radius 1 is 1.23 bits per heavy atom. The zero-order valence-electron chi connectivity index (χ0n) is 17.1. The molecule has 3 heterocycles. The van der Waals surface area contributed by atoms with Gasteiger partial charge in [0.1, 0.15) is 5.60 Å². The van der Waals surface area contributed by atoms with E-state index in [0.29, 0.717) is 44.5 Å². The third-order valence-electron chi connectivity index (χ3n) is 5.58. The van der Waals surface area contributed by atoms with Crippen LogP contribution in [0.25, 0.3) is 0 Å². The SMILES string of the molecule is Cc1cc(C(=O)N2CCC3(CC2)CC(OC(=O)NCc2ccncc2)=NO3)ccc1Br. The van der Waals surface area contributed by atoms with Crippen LogP contribution in [0, 0.1) is 6.92 Å². The normalized spacial score (nSPS) is 17.1. The molecule has 0 aliphatic carbocycles. The van der Waals surface area contributed by atoms with Gasteiger partial charge in [-0.3, -0.25) is 9.78 Å². The summed E-state index contributed by atoms with van der Waals surface area (Å²) < 4.78 is 6.28. The predicted molar refractivity (Wildman–Crippen MR) is 117 cm³/mol. The second-order valence-electron chi connectivity index (χ2n) is 7.79. The molecule has 2 aromatic rings. The summed E-state index contributed by atoms with van der Waals surface area (Å²) >= 11 is 3.46. The fraction of sp³-hybridized carbons (Fsp3) is 0.364. The molecule has 1 aromatic heterocycles. The maximum atomic E-state index is 12.8. The van der Waals surface area contributed by atoms with E-state index in [2.05, 4.69) is 31.4 Å². The van der Waals surface area contributed by atoms with E-state index in [1.165, 1.54) is 0 Å². The van der Waals surface area contributed by atoms with E-state index >= 15 is 0 Å². The monoisotopic (exact) mass is 486 g/mol. The molecule has 1 fully saturated rings. The maximum Gasteiger partial charge on any atom is 0.414 e. The number of nitrogens with zero attached hydrogens (tertiary/aromatic N) is 3. The van der Waals surface area contributed by atoms with Crippen molar-refractivity contribution >= 4 is 33.8 Å². The molecule has 0 atom stereocenters. The average Bonchev–Trinajstić information content (AvgIpc) is 3.16. The van der Waals surface area contributed by atoms with Crippen LogP contribution >= 0.6 is 15.9 Å². The quantitative estimate of drug-likeness (QED) is 0.712. The van der Waals surface area contributed by atoms with Crippen molar-refractivity contribution in [3.63, 3.8) is 0 Å². The van der Waals surface area contributed by atoms with Crippen molar-refractivity contribution in [1.82, 2.24) is 15.2 Å². The maximum absolute atomic E-state index is 12.8. The molecule has 1 spiro atoms. The Morgan fingerprint density at radius 2 is 1.97 bits per heavy atom. The van der Waals surface area contributed by atoms with Crippen LogP contribution in [0.15, 0.2) is 52.4 Å². The first-order chi connectivity index (χ1) is 14.9. The summed E-state index contributed by atoms with van der Waals surface area (Å²) in [5.74, 6) is 0.270. The molecule has 1 aromatic carbocycles. The highest BCUT2D eigenvalue weighted by Crippen LogP contribution is 2.35. The highest BCUT2D eigenvalue weighted by molar-refractivity contribution is 9.10. The van der Waals surface area contributed by atoms with Gasteiger partial charge < -0.3 is 19.8 Å². The van der Waals surface area contributed by atoms with Crippen LogP contribution in [-0.4, -0.2) is 46.5 Å². The number of aryl methyl sites for hydroxylation is 1. The lowest BCUT2D eigenvalue weighted by Gasteiger charge is -2.37. The zero-order valence-corrected chi connectivity index (χ0v) is 18.7. The molecule has 2 aliphatic heterocycles. The van der Waals surface area contributed by atoms with Crippen molar-refractivity contribution in [2.45, 2.75) is 38.3 Å². The number of halogens is 1. The first-order valence-electron chi connectivity index (χ1n) is 10.1. The van der Waals surface area contributed by atoms with E-state index in [1.807, 2.05) is 42.2 Å². The number of ether oxygens (including phenoxy) is 1. The highest BCUT2D eigenvalue weighted by Gasteiger charge is 2.44. The zero-order chi connectivity index (χ0) is 21.8. The smallest absolute Gasteiger partial charge is 0.392 e. The van der Waals surface area contributed by atoms with E-state index in [4.69, 9.17) is 9.57 Å². The van der Waals surface area contributed by atoms with Crippen LogP contribution in [0.3, 0.4) is 0 Å². The molecule has 4 rings (SSSR count). The van der Waals surface area contributed by atoms with Crippen LogP contribution in [0.1, 0.15) is 40.7 Å².